The first-order valence-electron chi connectivity index (χ1n) is 9.17. The van der Waals surface area contributed by atoms with Crippen LogP contribution >= 0.6 is 0 Å². The molecule has 0 unspecified atom stereocenters. The Balaban J connectivity index is 2.05. The van der Waals surface area contributed by atoms with Crippen LogP contribution in [0.3, 0.4) is 0 Å². The van der Waals surface area contributed by atoms with Gasteiger partial charge in [-0.3, -0.25) is 4.79 Å². The van der Waals surface area contributed by atoms with Gasteiger partial charge in [0.2, 0.25) is 15.9 Å². The van der Waals surface area contributed by atoms with Crippen molar-refractivity contribution in [3.8, 4) is 5.75 Å². The van der Waals surface area contributed by atoms with Crippen LogP contribution in [0.25, 0.3) is 0 Å². The van der Waals surface area contributed by atoms with E-state index in [0.717, 1.165) is 16.7 Å². The third-order valence-corrected chi connectivity index (χ3v) is 5.66. The Labute approximate surface area is 167 Å². The number of hydrogen-bond acceptors (Lipinski definition) is 4. The molecule has 0 fully saturated rings. The summed E-state index contributed by atoms with van der Waals surface area (Å²) in [5.74, 6) is 0.400. The smallest absolute Gasteiger partial charge is 0.224 e. The normalized spacial score (nSPS) is 11.5. The molecule has 0 bridgehead atoms. The average Bonchev–Trinajstić information content (AvgIpc) is 2.59. The summed E-state index contributed by atoms with van der Waals surface area (Å²) in [6.45, 7) is 5.79. The summed E-state index contributed by atoms with van der Waals surface area (Å²) < 4.78 is 32.4. The van der Waals surface area contributed by atoms with Gasteiger partial charge in [-0.25, -0.2) is 13.1 Å². The third kappa shape index (κ3) is 6.65. The van der Waals surface area contributed by atoms with Crippen molar-refractivity contribution in [2.75, 3.05) is 7.11 Å². The SMILES string of the molecule is COc1ccc(C)cc1CC(=O)NCc1ccccc1CS(=O)(=O)NC(C)C. The molecule has 6 nitrogen and oxygen atoms in total. The van der Waals surface area contributed by atoms with Crippen molar-refractivity contribution in [2.45, 2.75) is 45.5 Å². The number of ether oxygens (including phenoxy) is 1. The third-order valence-electron chi connectivity index (χ3n) is 4.14. The molecule has 2 aromatic carbocycles. The van der Waals surface area contributed by atoms with Gasteiger partial charge in [0.1, 0.15) is 5.75 Å². The first kappa shape index (κ1) is 21.9. The lowest BCUT2D eigenvalue weighted by Gasteiger charge is -2.14. The number of nitrogens with one attached hydrogen (secondary N) is 2. The number of carbonyl (C=O) groups is 1. The Morgan fingerprint density at radius 2 is 1.75 bits per heavy atom. The van der Waals surface area contributed by atoms with Gasteiger partial charge in [-0.15, -0.1) is 0 Å². The van der Waals surface area contributed by atoms with E-state index < -0.39 is 10.0 Å². The Bertz CT molecular complexity index is 924. The summed E-state index contributed by atoms with van der Waals surface area (Å²) in [6, 6.07) is 12.8. The molecule has 0 atom stereocenters. The van der Waals surface area contributed by atoms with E-state index in [4.69, 9.17) is 4.74 Å². The molecule has 2 N–H and O–H groups in total. The van der Waals surface area contributed by atoms with Gasteiger partial charge in [-0.2, -0.15) is 0 Å². The van der Waals surface area contributed by atoms with Gasteiger partial charge in [-0.05, 0) is 38.0 Å². The number of rotatable bonds is 9. The summed E-state index contributed by atoms with van der Waals surface area (Å²) in [5.41, 5.74) is 3.32. The lowest BCUT2D eigenvalue weighted by Crippen LogP contribution is -2.32. The first-order chi connectivity index (χ1) is 13.2. The number of methoxy groups -OCH3 is 1. The lowest BCUT2D eigenvalue weighted by atomic mass is 10.1. The maximum Gasteiger partial charge on any atom is 0.224 e. The Hall–Kier alpha value is -2.38. The van der Waals surface area contributed by atoms with Crippen LogP contribution in [0, 0.1) is 6.92 Å². The van der Waals surface area contributed by atoms with Crippen molar-refractivity contribution in [3.63, 3.8) is 0 Å². The highest BCUT2D eigenvalue weighted by Crippen LogP contribution is 2.20. The summed E-state index contributed by atoms with van der Waals surface area (Å²) in [5, 5.41) is 2.88. The molecule has 0 aliphatic carbocycles. The topological polar surface area (TPSA) is 84.5 Å². The second kappa shape index (κ2) is 9.71. The maximum atomic E-state index is 12.4. The molecule has 2 rings (SSSR count). The summed E-state index contributed by atoms with van der Waals surface area (Å²) in [7, 11) is -1.86. The van der Waals surface area contributed by atoms with Crippen LogP contribution < -0.4 is 14.8 Å². The maximum absolute atomic E-state index is 12.4. The number of sulfonamides is 1. The number of carbonyl (C=O) groups excluding carboxylic acids is 1. The molecule has 0 saturated heterocycles. The van der Waals surface area contributed by atoms with Crippen molar-refractivity contribution in [1.82, 2.24) is 10.0 Å². The molecular formula is C21H28N2O4S. The van der Waals surface area contributed by atoms with E-state index in [2.05, 4.69) is 10.0 Å². The van der Waals surface area contributed by atoms with Crippen LogP contribution in [0.2, 0.25) is 0 Å². The summed E-state index contributed by atoms with van der Waals surface area (Å²) >= 11 is 0. The molecule has 0 radical (unpaired) electrons. The monoisotopic (exact) mass is 404 g/mol. The average molecular weight is 405 g/mol. The minimum absolute atomic E-state index is 0.122. The minimum Gasteiger partial charge on any atom is -0.496 e. The molecular weight excluding hydrogens is 376 g/mol. The molecule has 0 spiro atoms. The molecule has 2 aromatic rings. The molecule has 0 heterocycles. The quantitative estimate of drug-likeness (QED) is 0.673. The zero-order valence-corrected chi connectivity index (χ0v) is 17.6. The minimum atomic E-state index is -3.44. The molecule has 0 saturated carbocycles. The van der Waals surface area contributed by atoms with Crippen LogP contribution in [-0.2, 0) is 33.5 Å². The van der Waals surface area contributed by atoms with Gasteiger partial charge in [0.25, 0.3) is 0 Å². The van der Waals surface area contributed by atoms with Crippen LogP contribution in [0.5, 0.6) is 5.75 Å². The highest BCUT2D eigenvalue weighted by molar-refractivity contribution is 7.88. The van der Waals surface area contributed by atoms with E-state index in [0.29, 0.717) is 11.3 Å². The van der Waals surface area contributed by atoms with Crippen molar-refractivity contribution in [1.29, 1.82) is 0 Å². The molecule has 152 valence electrons. The van der Waals surface area contributed by atoms with Crippen LogP contribution in [-0.4, -0.2) is 27.5 Å². The first-order valence-corrected chi connectivity index (χ1v) is 10.8. The summed E-state index contributed by atoms with van der Waals surface area (Å²) in [4.78, 5) is 12.4. The molecule has 0 aliphatic heterocycles. The Kier molecular flexibility index (Phi) is 7.60. The van der Waals surface area contributed by atoms with Crippen LogP contribution in [0.15, 0.2) is 42.5 Å². The second-order valence-corrected chi connectivity index (χ2v) is 8.82. The van der Waals surface area contributed by atoms with Gasteiger partial charge in [-0.1, -0.05) is 42.0 Å². The number of hydrogen-bond donors (Lipinski definition) is 2. The van der Waals surface area contributed by atoms with E-state index >= 15 is 0 Å². The van der Waals surface area contributed by atoms with Crippen molar-refractivity contribution in [3.05, 3.63) is 64.7 Å². The Morgan fingerprint density at radius 3 is 2.39 bits per heavy atom. The number of aryl methyl sites for hydroxylation is 1. The fourth-order valence-electron chi connectivity index (χ4n) is 2.95. The zero-order chi connectivity index (χ0) is 20.7. The van der Waals surface area contributed by atoms with Crippen LogP contribution in [0.1, 0.15) is 36.1 Å². The van der Waals surface area contributed by atoms with Gasteiger partial charge >= 0.3 is 0 Å². The predicted molar refractivity (Wildman–Crippen MR) is 111 cm³/mol. The van der Waals surface area contributed by atoms with E-state index in [1.807, 2.05) is 37.3 Å². The molecule has 1 amide bonds. The highest BCUT2D eigenvalue weighted by Gasteiger charge is 2.16. The van der Waals surface area contributed by atoms with Gasteiger partial charge in [0.05, 0.1) is 19.3 Å². The van der Waals surface area contributed by atoms with E-state index in [1.54, 1.807) is 33.1 Å². The predicted octanol–water partition coefficient (Wildman–Crippen LogP) is 2.69. The zero-order valence-electron chi connectivity index (χ0n) is 16.8. The standard InChI is InChI=1S/C21H28N2O4S/c1-15(2)23-28(25,26)14-18-8-6-5-7-17(18)13-22-21(24)12-19-11-16(3)9-10-20(19)27-4/h5-11,15,23H,12-14H2,1-4H3,(H,22,24). The van der Waals surface area contributed by atoms with Crippen molar-refractivity contribution in [2.24, 2.45) is 0 Å². The van der Waals surface area contributed by atoms with Gasteiger partial charge < -0.3 is 10.1 Å². The van der Waals surface area contributed by atoms with E-state index in [-0.39, 0.29) is 30.7 Å². The van der Waals surface area contributed by atoms with Gasteiger partial charge in [0.15, 0.2) is 0 Å². The van der Waals surface area contributed by atoms with Crippen molar-refractivity contribution >= 4 is 15.9 Å². The summed E-state index contributed by atoms with van der Waals surface area (Å²) in [6.07, 6.45) is 0.195. The van der Waals surface area contributed by atoms with E-state index in [9.17, 15) is 13.2 Å². The number of amides is 1. The molecule has 0 aliphatic rings. The fraction of sp³-hybridized carbons (Fsp3) is 0.381. The second-order valence-electron chi connectivity index (χ2n) is 7.07. The van der Waals surface area contributed by atoms with Crippen molar-refractivity contribution < 1.29 is 17.9 Å². The molecule has 7 heteroatoms. The Morgan fingerprint density at radius 1 is 1.07 bits per heavy atom. The van der Waals surface area contributed by atoms with E-state index in [1.165, 1.54) is 0 Å². The van der Waals surface area contributed by atoms with Crippen LogP contribution in [0.4, 0.5) is 0 Å². The molecule has 28 heavy (non-hydrogen) atoms. The molecule has 0 aromatic heterocycles. The largest absolute Gasteiger partial charge is 0.496 e. The van der Waals surface area contributed by atoms with Gasteiger partial charge in [0, 0.05) is 18.2 Å². The number of benzene rings is 2. The highest BCUT2D eigenvalue weighted by atomic mass is 32.2. The lowest BCUT2D eigenvalue weighted by molar-refractivity contribution is -0.120. The fourth-order valence-corrected chi connectivity index (χ4v) is 4.44.